The van der Waals surface area contributed by atoms with Gasteiger partial charge in [0.05, 0.1) is 10.0 Å². The maximum absolute atomic E-state index is 6.47. The van der Waals surface area contributed by atoms with E-state index in [4.69, 9.17) is 27.9 Å². The molecule has 1 nitrogen and oxygen atoms in total. The molecule has 0 bridgehead atoms. The quantitative estimate of drug-likeness (QED) is 0.571. The molecular weight excluding hydrogens is 299 g/mol. The van der Waals surface area contributed by atoms with Gasteiger partial charge in [0, 0.05) is 15.2 Å². The van der Waals surface area contributed by atoms with Gasteiger partial charge in [-0.3, -0.25) is 0 Å². The molecular formula is C15H16Cl2OS. The molecule has 2 rings (SSSR count). The Morgan fingerprint density at radius 3 is 2.47 bits per heavy atom. The van der Waals surface area contributed by atoms with Gasteiger partial charge in [0.15, 0.2) is 5.75 Å². The van der Waals surface area contributed by atoms with Gasteiger partial charge in [-0.05, 0) is 24.6 Å². The van der Waals surface area contributed by atoms with Gasteiger partial charge in [-0.1, -0.05) is 50.6 Å². The van der Waals surface area contributed by atoms with Gasteiger partial charge < -0.3 is 4.74 Å². The lowest BCUT2D eigenvalue weighted by Gasteiger charge is -2.24. The van der Waals surface area contributed by atoms with Gasteiger partial charge in [-0.2, -0.15) is 0 Å². The maximum Gasteiger partial charge on any atom is 0.154 e. The van der Waals surface area contributed by atoms with Gasteiger partial charge in [0.25, 0.3) is 0 Å². The lowest BCUT2D eigenvalue weighted by atomic mass is 10.0. The van der Waals surface area contributed by atoms with Crippen LogP contribution in [0, 0.1) is 0 Å². The van der Waals surface area contributed by atoms with E-state index in [-0.39, 0.29) is 4.75 Å². The SMILES string of the molecule is C=C1C=C(C)c2cc(Cl)c(SC(C)(C)C)c(Cl)c2O1. The molecule has 0 spiro atoms. The molecule has 1 aliphatic heterocycles. The molecule has 1 aromatic carbocycles. The van der Waals surface area contributed by atoms with Crippen LogP contribution in [0.1, 0.15) is 33.3 Å². The van der Waals surface area contributed by atoms with Crippen LogP contribution in [0.25, 0.3) is 5.57 Å². The van der Waals surface area contributed by atoms with E-state index in [1.807, 2.05) is 19.1 Å². The second-order valence-corrected chi connectivity index (χ2v) is 8.11. The maximum atomic E-state index is 6.47. The van der Waals surface area contributed by atoms with Crippen LogP contribution < -0.4 is 4.74 Å². The van der Waals surface area contributed by atoms with E-state index >= 15 is 0 Å². The van der Waals surface area contributed by atoms with Crippen LogP contribution in [-0.2, 0) is 0 Å². The molecule has 0 unspecified atom stereocenters. The number of rotatable bonds is 1. The summed E-state index contributed by atoms with van der Waals surface area (Å²) in [4.78, 5) is 0.858. The average molecular weight is 315 g/mol. The molecule has 4 heteroatoms. The van der Waals surface area contributed by atoms with E-state index in [0.717, 1.165) is 16.0 Å². The average Bonchev–Trinajstić information content (AvgIpc) is 2.25. The molecule has 0 saturated carbocycles. The van der Waals surface area contributed by atoms with Gasteiger partial charge in [0.1, 0.15) is 5.76 Å². The van der Waals surface area contributed by atoms with Crippen LogP contribution in [0.3, 0.4) is 0 Å². The number of ether oxygens (including phenoxy) is 1. The van der Waals surface area contributed by atoms with Crippen LogP contribution in [0.15, 0.2) is 29.4 Å². The Morgan fingerprint density at radius 1 is 1.26 bits per heavy atom. The zero-order chi connectivity index (χ0) is 14.4. The number of allylic oxidation sites excluding steroid dienone is 2. The topological polar surface area (TPSA) is 9.23 Å². The Labute approximate surface area is 128 Å². The van der Waals surface area contributed by atoms with Crippen LogP contribution in [0.5, 0.6) is 5.75 Å². The number of benzene rings is 1. The molecule has 0 amide bonds. The number of halogens is 2. The highest BCUT2D eigenvalue weighted by Gasteiger charge is 2.25. The molecule has 102 valence electrons. The predicted octanol–water partition coefficient (Wildman–Crippen LogP) is 6.19. The van der Waals surface area contributed by atoms with Crippen LogP contribution in [-0.4, -0.2) is 4.75 Å². The number of hydrogen-bond acceptors (Lipinski definition) is 2. The van der Waals surface area contributed by atoms with Gasteiger partial charge in [0.2, 0.25) is 0 Å². The molecule has 0 aliphatic carbocycles. The third kappa shape index (κ3) is 3.13. The summed E-state index contributed by atoms with van der Waals surface area (Å²) in [5.41, 5.74) is 1.99. The highest BCUT2D eigenvalue weighted by molar-refractivity contribution is 8.00. The second kappa shape index (κ2) is 5.08. The first-order valence-electron chi connectivity index (χ1n) is 5.95. The van der Waals surface area contributed by atoms with Crippen molar-refractivity contribution in [3.63, 3.8) is 0 Å². The third-order valence-corrected chi connectivity index (χ3v) is 4.70. The highest BCUT2D eigenvalue weighted by Crippen LogP contribution is 2.49. The van der Waals surface area contributed by atoms with Crippen LogP contribution in [0.4, 0.5) is 0 Å². The van der Waals surface area contributed by atoms with Crippen molar-refractivity contribution in [1.82, 2.24) is 0 Å². The van der Waals surface area contributed by atoms with E-state index in [1.165, 1.54) is 0 Å². The Bertz CT molecular complexity index is 583. The summed E-state index contributed by atoms with van der Waals surface area (Å²) in [6.45, 7) is 12.2. The first kappa shape index (κ1) is 14.8. The number of thioether (sulfide) groups is 1. The summed E-state index contributed by atoms with van der Waals surface area (Å²) in [6, 6.07) is 1.91. The van der Waals surface area contributed by atoms with Crippen molar-refractivity contribution in [2.75, 3.05) is 0 Å². The molecule has 0 saturated heterocycles. The van der Waals surface area contributed by atoms with Crippen LogP contribution >= 0.6 is 35.0 Å². The normalized spacial score (nSPS) is 14.8. The van der Waals surface area contributed by atoms with E-state index in [1.54, 1.807) is 11.8 Å². The Hall–Kier alpha value is -0.570. The van der Waals surface area contributed by atoms with Crippen molar-refractivity contribution < 1.29 is 4.74 Å². The summed E-state index contributed by atoms with van der Waals surface area (Å²) in [6.07, 6.45) is 1.88. The summed E-state index contributed by atoms with van der Waals surface area (Å²) in [7, 11) is 0. The first-order valence-corrected chi connectivity index (χ1v) is 7.53. The minimum atomic E-state index is 0.0259. The molecule has 0 N–H and O–H groups in total. The van der Waals surface area contributed by atoms with Crippen molar-refractivity contribution in [1.29, 1.82) is 0 Å². The largest absolute Gasteiger partial charge is 0.456 e. The Balaban J connectivity index is 2.59. The number of hydrogen-bond donors (Lipinski definition) is 0. The molecule has 1 aromatic rings. The molecule has 19 heavy (non-hydrogen) atoms. The summed E-state index contributed by atoms with van der Waals surface area (Å²) in [5.74, 6) is 1.25. The van der Waals surface area contributed by atoms with E-state index in [2.05, 4.69) is 27.4 Å². The van der Waals surface area contributed by atoms with E-state index < -0.39 is 0 Å². The third-order valence-electron chi connectivity index (χ3n) is 2.58. The minimum Gasteiger partial charge on any atom is -0.456 e. The monoisotopic (exact) mass is 314 g/mol. The molecule has 0 fully saturated rings. The molecule has 0 atom stereocenters. The van der Waals surface area contributed by atoms with Crippen molar-refractivity contribution in [2.45, 2.75) is 37.3 Å². The standard InChI is InChI=1S/C15H16Cl2OS/c1-8-6-9(2)18-13-10(8)7-11(16)14(12(13)17)19-15(3,4)5/h6-7H,2H2,1,3-5H3. The van der Waals surface area contributed by atoms with Gasteiger partial charge in [-0.25, -0.2) is 0 Å². The van der Waals surface area contributed by atoms with Crippen molar-refractivity contribution in [3.8, 4) is 5.75 Å². The number of fused-ring (bicyclic) bond motifs is 1. The lowest BCUT2D eigenvalue weighted by Crippen LogP contribution is -2.08. The molecule has 0 aromatic heterocycles. The molecule has 1 heterocycles. The first-order chi connectivity index (χ1) is 8.69. The van der Waals surface area contributed by atoms with E-state index in [0.29, 0.717) is 21.6 Å². The molecule has 1 aliphatic rings. The fourth-order valence-electron chi connectivity index (χ4n) is 1.86. The Kier molecular flexibility index (Phi) is 3.97. The van der Waals surface area contributed by atoms with Crippen LogP contribution in [0.2, 0.25) is 10.0 Å². The fourth-order valence-corrected chi connectivity index (χ4v) is 3.53. The summed E-state index contributed by atoms with van der Waals surface area (Å²) >= 11 is 14.5. The zero-order valence-electron chi connectivity index (χ0n) is 11.4. The summed E-state index contributed by atoms with van der Waals surface area (Å²) < 4.78 is 5.69. The van der Waals surface area contributed by atoms with Crippen molar-refractivity contribution in [2.24, 2.45) is 0 Å². The fraction of sp³-hybridized carbons (Fsp3) is 0.333. The smallest absolute Gasteiger partial charge is 0.154 e. The van der Waals surface area contributed by atoms with Gasteiger partial charge in [-0.15, -0.1) is 11.8 Å². The Morgan fingerprint density at radius 2 is 1.89 bits per heavy atom. The van der Waals surface area contributed by atoms with Gasteiger partial charge >= 0.3 is 0 Å². The zero-order valence-corrected chi connectivity index (χ0v) is 13.8. The van der Waals surface area contributed by atoms with Crippen molar-refractivity contribution in [3.05, 3.63) is 40.1 Å². The summed E-state index contributed by atoms with van der Waals surface area (Å²) in [5, 5.41) is 1.23. The highest BCUT2D eigenvalue weighted by atomic mass is 35.5. The van der Waals surface area contributed by atoms with Crippen molar-refractivity contribution >= 4 is 40.5 Å². The predicted molar refractivity (Wildman–Crippen MR) is 85.5 cm³/mol. The lowest BCUT2D eigenvalue weighted by molar-refractivity contribution is 0.440. The second-order valence-electron chi connectivity index (χ2n) is 5.49. The minimum absolute atomic E-state index is 0.0259. The van der Waals surface area contributed by atoms with E-state index in [9.17, 15) is 0 Å². The molecule has 0 radical (unpaired) electrons.